The number of benzene rings is 2. The molecule has 1 aliphatic heterocycles. The number of morpholine rings is 1. The SMILES string of the molecule is COc1ccccc1CC(=O)O[C@@H](C)C(=O)Nc1ccc(S(=O)(=O)N2CCOCC2)cc1. The van der Waals surface area contributed by atoms with E-state index in [4.69, 9.17) is 14.2 Å². The lowest BCUT2D eigenvalue weighted by Crippen LogP contribution is -2.40. The fourth-order valence-corrected chi connectivity index (χ4v) is 4.59. The van der Waals surface area contributed by atoms with Gasteiger partial charge in [-0.2, -0.15) is 4.31 Å². The molecular formula is C22H26N2O7S. The quantitative estimate of drug-likeness (QED) is 0.596. The average Bonchev–Trinajstić information content (AvgIpc) is 2.80. The monoisotopic (exact) mass is 462 g/mol. The third-order valence-corrected chi connectivity index (χ3v) is 6.85. The Kier molecular flexibility index (Phi) is 7.84. The van der Waals surface area contributed by atoms with Crippen molar-refractivity contribution in [2.24, 2.45) is 0 Å². The lowest BCUT2D eigenvalue weighted by molar-refractivity contribution is -0.152. The maximum atomic E-state index is 12.7. The second-order valence-corrected chi connectivity index (χ2v) is 9.09. The summed E-state index contributed by atoms with van der Waals surface area (Å²) in [6.45, 7) is 2.80. The van der Waals surface area contributed by atoms with Crippen molar-refractivity contribution in [2.45, 2.75) is 24.3 Å². The van der Waals surface area contributed by atoms with E-state index in [9.17, 15) is 18.0 Å². The van der Waals surface area contributed by atoms with Crippen LogP contribution in [0, 0.1) is 0 Å². The van der Waals surface area contributed by atoms with Gasteiger partial charge in [0, 0.05) is 24.3 Å². The number of anilines is 1. The number of amides is 1. The highest BCUT2D eigenvalue weighted by Crippen LogP contribution is 2.20. The van der Waals surface area contributed by atoms with Crippen molar-refractivity contribution < 1.29 is 32.2 Å². The first-order chi connectivity index (χ1) is 15.3. The van der Waals surface area contributed by atoms with Crippen LogP contribution in [0.5, 0.6) is 5.75 Å². The second kappa shape index (κ2) is 10.6. The molecule has 1 atom stereocenters. The zero-order valence-electron chi connectivity index (χ0n) is 17.9. The first-order valence-electron chi connectivity index (χ1n) is 10.1. The van der Waals surface area contributed by atoms with Gasteiger partial charge in [-0.05, 0) is 37.3 Å². The van der Waals surface area contributed by atoms with E-state index < -0.39 is 28.0 Å². The zero-order valence-corrected chi connectivity index (χ0v) is 18.8. The second-order valence-electron chi connectivity index (χ2n) is 7.15. The van der Waals surface area contributed by atoms with Gasteiger partial charge in [-0.25, -0.2) is 8.42 Å². The Morgan fingerprint density at radius 2 is 1.75 bits per heavy atom. The van der Waals surface area contributed by atoms with Crippen LogP contribution >= 0.6 is 0 Å². The van der Waals surface area contributed by atoms with Crippen molar-refractivity contribution in [1.29, 1.82) is 0 Å². The topological polar surface area (TPSA) is 111 Å². The molecule has 0 bridgehead atoms. The van der Waals surface area contributed by atoms with Crippen molar-refractivity contribution in [3.8, 4) is 5.75 Å². The molecule has 1 fully saturated rings. The third kappa shape index (κ3) is 5.84. The Morgan fingerprint density at radius 3 is 2.41 bits per heavy atom. The molecule has 32 heavy (non-hydrogen) atoms. The molecule has 0 radical (unpaired) electrons. The molecule has 1 amide bonds. The van der Waals surface area contributed by atoms with Gasteiger partial charge in [0.1, 0.15) is 5.75 Å². The molecule has 3 rings (SSSR count). The molecule has 172 valence electrons. The fraction of sp³-hybridized carbons (Fsp3) is 0.364. The molecule has 2 aromatic carbocycles. The van der Waals surface area contributed by atoms with E-state index in [2.05, 4.69) is 5.32 Å². The molecule has 1 heterocycles. The van der Waals surface area contributed by atoms with Crippen LogP contribution in [-0.2, 0) is 35.5 Å². The number of esters is 1. The molecule has 0 spiro atoms. The number of hydrogen-bond donors (Lipinski definition) is 1. The third-order valence-electron chi connectivity index (χ3n) is 4.93. The number of nitrogens with one attached hydrogen (secondary N) is 1. The van der Waals surface area contributed by atoms with E-state index >= 15 is 0 Å². The predicted molar refractivity (Wildman–Crippen MR) is 117 cm³/mol. The van der Waals surface area contributed by atoms with Crippen molar-refractivity contribution in [3.63, 3.8) is 0 Å². The molecule has 0 unspecified atom stereocenters. The summed E-state index contributed by atoms with van der Waals surface area (Å²) in [4.78, 5) is 24.7. The lowest BCUT2D eigenvalue weighted by Gasteiger charge is -2.26. The molecule has 1 saturated heterocycles. The lowest BCUT2D eigenvalue weighted by atomic mass is 10.1. The number of carbonyl (C=O) groups is 2. The number of sulfonamides is 1. The first-order valence-corrected chi connectivity index (χ1v) is 11.6. The van der Waals surface area contributed by atoms with Crippen LogP contribution in [0.25, 0.3) is 0 Å². The highest BCUT2D eigenvalue weighted by molar-refractivity contribution is 7.89. The van der Waals surface area contributed by atoms with Gasteiger partial charge in [0.15, 0.2) is 6.10 Å². The standard InChI is InChI=1S/C22H26N2O7S/c1-16(31-21(25)15-17-5-3-4-6-20(17)29-2)22(26)23-18-7-9-19(10-8-18)32(27,28)24-11-13-30-14-12-24/h3-10,16H,11-15H2,1-2H3,(H,23,26)/t16-/m0/s1. The molecule has 10 heteroatoms. The van der Waals surface area contributed by atoms with Gasteiger partial charge < -0.3 is 19.5 Å². The van der Waals surface area contributed by atoms with Crippen LogP contribution in [0.3, 0.4) is 0 Å². The summed E-state index contributed by atoms with van der Waals surface area (Å²) in [5, 5.41) is 2.62. The van der Waals surface area contributed by atoms with Crippen molar-refractivity contribution in [3.05, 3.63) is 54.1 Å². The Morgan fingerprint density at radius 1 is 1.09 bits per heavy atom. The smallest absolute Gasteiger partial charge is 0.311 e. The number of para-hydroxylation sites is 1. The first kappa shape index (κ1) is 23.7. The van der Waals surface area contributed by atoms with E-state index in [-0.39, 0.29) is 11.3 Å². The van der Waals surface area contributed by atoms with Crippen LogP contribution in [0.2, 0.25) is 0 Å². The highest BCUT2D eigenvalue weighted by atomic mass is 32.2. The maximum absolute atomic E-state index is 12.7. The largest absolute Gasteiger partial charge is 0.496 e. The zero-order chi connectivity index (χ0) is 23.1. The molecule has 2 aromatic rings. The van der Waals surface area contributed by atoms with Crippen molar-refractivity contribution >= 4 is 27.6 Å². The molecule has 0 aromatic heterocycles. The van der Waals surface area contributed by atoms with Crippen molar-refractivity contribution in [1.82, 2.24) is 4.31 Å². The summed E-state index contributed by atoms with van der Waals surface area (Å²) in [6.07, 6.45) is -1.07. The van der Waals surface area contributed by atoms with E-state index in [0.717, 1.165) is 0 Å². The van der Waals surface area contributed by atoms with Gasteiger partial charge in [0.2, 0.25) is 10.0 Å². The van der Waals surface area contributed by atoms with Gasteiger partial charge in [-0.15, -0.1) is 0 Å². The maximum Gasteiger partial charge on any atom is 0.311 e. The molecule has 1 aliphatic rings. The minimum Gasteiger partial charge on any atom is -0.496 e. The summed E-state index contributed by atoms with van der Waals surface area (Å²) >= 11 is 0. The molecule has 1 N–H and O–H groups in total. The Bertz CT molecular complexity index is 1050. The number of rotatable bonds is 8. The highest BCUT2D eigenvalue weighted by Gasteiger charge is 2.26. The fourth-order valence-electron chi connectivity index (χ4n) is 3.19. The summed E-state index contributed by atoms with van der Waals surface area (Å²) in [6, 6.07) is 12.9. The van der Waals surface area contributed by atoms with Crippen LogP contribution in [0.1, 0.15) is 12.5 Å². The average molecular weight is 463 g/mol. The molecule has 0 saturated carbocycles. The summed E-state index contributed by atoms with van der Waals surface area (Å²) in [7, 11) is -2.10. The van der Waals surface area contributed by atoms with E-state index in [1.807, 2.05) is 0 Å². The van der Waals surface area contributed by atoms with Crippen LogP contribution in [-0.4, -0.2) is 64.1 Å². The van der Waals surface area contributed by atoms with Crippen molar-refractivity contribution in [2.75, 3.05) is 38.7 Å². The number of ether oxygens (including phenoxy) is 3. The van der Waals surface area contributed by atoms with Gasteiger partial charge in [-0.1, -0.05) is 18.2 Å². The van der Waals surface area contributed by atoms with E-state index in [1.165, 1.54) is 42.6 Å². The Balaban J connectivity index is 1.56. The Labute approximate surface area is 187 Å². The minimum absolute atomic E-state index is 0.0320. The number of carbonyl (C=O) groups excluding carboxylic acids is 2. The molecular weight excluding hydrogens is 436 g/mol. The number of methoxy groups -OCH3 is 1. The number of nitrogens with zero attached hydrogens (tertiary/aromatic N) is 1. The van der Waals surface area contributed by atoms with Crippen LogP contribution < -0.4 is 10.1 Å². The van der Waals surface area contributed by atoms with E-state index in [0.29, 0.717) is 43.3 Å². The number of hydrogen-bond acceptors (Lipinski definition) is 7. The Hall–Kier alpha value is -2.95. The minimum atomic E-state index is -3.61. The summed E-state index contributed by atoms with van der Waals surface area (Å²) < 4.78 is 42.3. The molecule has 9 nitrogen and oxygen atoms in total. The predicted octanol–water partition coefficient (Wildman–Crippen LogP) is 1.83. The molecule has 0 aliphatic carbocycles. The van der Waals surface area contributed by atoms with Crippen LogP contribution in [0.4, 0.5) is 5.69 Å². The van der Waals surface area contributed by atoms with Gasteiger partial charge in [0.25, 0.3) is 5.91 Å². The van der Waals surface area contributed by atoms with Gasteiger partial charge in [0.05, 0.1) is 31.6 Å². The normalized spacial score (nSPS) is 15.6. The van der Waals surface area contributed by atoms with Gasteiger partial charge >= 0.3 is 5.97 Å². The summed E-state index contributed by atoms with van der Waals surface area (Å²) in [5.74, 6) is -0.528. The summed E-state index contributed by atoms with van der Waals surface area (Å²) in [5.41, 5.74) is 1.05. The van der Waals surface area contributed by atoms with Gasteiger partial charge in [-0.3, -0.25) is 9.59 Å². The van der Waals surface area contributed by atoms with Crippen LogP contribution in [0.15, 0.2) is 53.4 Å². The van der Waals surface area contributed by atoms with E-state index in [1.54, 1.807) is 24.3 Å².